The first-order chi connectivity index (χ1) is 11.7. The molecule has 2 aromatic carbocycles. The Kier molecular flexibility index (Phi) is 5.86. The molecule has 0 saturated carbocycles. The molecule has 1 N–H and O–H groups in total. The number of carbonyl (C=O) groups excluding carboxylic acids is 1. The van der Waals surface area contributed by atoms with Crippen molar-refractivity contribution in [2.75, 3.05) is 13.2 Å². The molecule has 4 nitrogen and oxygen atoms in total. The highest BCUT2D eigenvalue weighted by molar-refractivity contribution is 6.30. The average Bonchev–Trinajstić information content (AvgIpc) is 2.82. The third-order valence-electron chi connectivity index (χ3n) is 3.90. The van der Waals surface area contributed by atoms with E-state index in [1.807, 2.05) is 54.6 Å². The Balaban J connectivity index is 1.52. The van der Waals surface area contributed by atoms with Crippen LogP contribution in [0.5, 0.6) is 0 Å². The van der Waals surface area contributed by atoms with Crippen LogP contribution in [0, 0.1) is 0 Å². The van der Waals surface area contributed by atoms with Crippen molar-refractivity contribution >= 4 is 17.5 Å². The third-order valence-corrected chi connectivity index (χ3v) is 4.15. The van der Waals surface area contributed by atoms with Gasteiger partial charge in [0.15, 0.2) is 6.29 Å². The number of ether oxygens (including phenoxy) is 2. The molecule has 0 radical (unpaired) electrons. The summed E-state index contributed by atoms with van der Waals surface area (Å²) in [5.41, 5.74) is 1.93. The lowest BCUT2D eigenvalue weighted by molar-refractivity contribution is -0.133. The number of amides is 1. The lowest BCUT2D eigenvalue weighted by atomic mass is 10.1. The third kappa shape index (κ3) is 4.81. The Morgan fingerprint density at radius 2 is 1.83 bits per heavy atom. The van der Waals surface area contributed by atoms with Gasteiger partial charge in [-0.3, -0.25) is 4.79 Å². The molecule has 0 aromatic heterocycles. The molecule has 3 rings (SSSR count). The molecule has 0 spiro atoms. The molecule has 2 aromatic rings. The van der Waals surface area contributed by atoms with Crippen LogP contribution in [0.1, 0.15) is 23.8 Å². The average molecular weight is 346 g/mol. The molecule has 1 fully saturated rings. The van der Waals surface area contributed by atoms with Gasteiger partial charge in [0.25, 0.3) is 0 Å². The van der Waals surface area contributed by atoms with Crippen molar-refractivity contribution in [3.8, 4) is 0 Å². The lowest BCUT2D eigenvalue weighted by Gasteiger charge is -2.17. The van der Waals surface area contributed by atoms with Crippen LogP contribution < -0.4 is 5.32 Å². The second-order valence-corrected chi connectivity index (χ2v) is 6.24. The topological polar surface area (TPSA) is 47.6 Å². The lowest BCUT2D eigenvalue weighted by Crippen LogP contribution is -2.38. The van der Waals surface area contributed by atoms with Crippen LogP contribution in [0.2, 0.25) is 5.02 Å². The normalized spacial score (nSPS) is 21.0. The number of benzene rings is 2. The first kappa shape index (κ1) is 17.0. The number of hydrogen-bond donors (Lipinski definition) is 1. The van der Waals surface area contributed by atoms with Crippen molar-refractivity contribution in [1.82, 2.24) is 5.32 Å². The summed E-state index contributed by atoms with van der Waals surface area (Å²) in [5.74, 6) is -0.000238. The largest absolute Gasteiger partial charge is 0.351 e. The highest BCUT2D eigenvalue weighted by Gasteiger charge is 2.22. The quantitative estimate of drug-likeness (QED) is 0.922. The molecule has 0 bridgehead atoms. The maximum absolute atomic E-state index is 12.2. The summed E-state index contributed by atoms with van der Waals surface area (Å²) in [6.45, 7) is 0.956. The van der Waals surface area contributed by atoms with E-state index in [1.54, 1.807) is 0 Å². The van der Waals surface area contributed by atoms with Crippen LogP contribution in [-0.2, 0) is 20.7 Å². The molecule has 1 saturated heterocycles. The highest BCUT2D eigenvalue weighted by atomic mass is 35.5. The van der Waals surface area contributed by atoms with Gasteiger partial charge in [0.2, 0.25) is 5.91 Å². The molecule has 0 aliphatic carbocycles. The number of carbonyl (C=O) groups is 1. The van der Waals surface area contributed by atoms with Gasteiger partial charge in [-0.15, -0.1) is 0 Å². The van der Waals surface area contributed by atoms with Crippen LogP contribution in [0.25, 0.3) is 0 Å². The van der Waals surface area contributed by atoms with E-state index < -0.39 is 6.29 Å². The van der Waals surface area contributed by atoms with Crippen molar-refractivity contribution in [3.05, 3.63) is 70.7 Å². The Morgan fingerprint density at radius 3 is 2.58 bits per heavy atom. The van der Waals surface area contributed by atoms with E-state index in [-0.39, 0.29) is 11.9 Å². The number of nitrogens with one attached hydrogen (secondary N) is 1. The van der Waals surface area contributed by atoms with E-state index in [9.17, 15) is 4.79 Å². The smallest absolute Gasteiger partial charge is 0.224 e. The van der Waals surface area contributed by atoms with Crippen LogP contribution in [0.15, 0.2) is 54.6 Å². The van der Waals surface area contributed by atoms with Crippen LogP contribution in [0.3, 0.4) is 0 Å². The summed E-state index contributed by atoms with van der Waals surface area (Å²) in [6.07, 6.45) is 0.682. The highest BCUT2D eigenvalue weighted by Crippen LogP contribution is 2.24. The van der Waals surface area contributed by atoms with Crippen LogP contribution >= 0.6 is 11.6 Å². The van der Waals surface area contributed by atoms with E-state index in [4.69, 9.17) is 21.1 Å². The zero-order valence-electron chi connectivity index (χ0n) is 13.3. The summed E-state index contributed by atoms with van der Waals surface area (Å²) in [5, 5.41) is 3.70. The molecule has 24 heavy (non-hydrogen) atoms. The van der Waals surface area contributed by atoms with Gasteiger partial charge in [-0.1, -0.05) is 54.1 Å². The second kappa shape index (κ2) is 8.29. The van der Waals surface area contributed by atoms with Crippen molar-refractivity contribution in [3.63, 3.8) is 0 Å². The summed E-state index contributed by atoms with van der Waals surface area (Å²) >= 11 is 5.90. The predicted octanol–water partition coefficient (Wildman–Crippen LogP) is 3.50. The number of rotatable bonds is 4. The van der Waals surface area contributed by atoms with Gasteiger partial charge in [0, 0.05) is 10.6 Å². The SMILES string of the molecule is O=C(Cc1ccccc1)N[C@H]1CCO[C@H](c2ccc(Cl)cc2)OC1. The van der Waals surface area contributed by atoms with E-state index in [1.165, 1.54) is 0 Å². The second-order valence-electron chi connectivity index (χ2n) is 5.80. The molecule has 0 unspecified atom stereocenters. The van der Waals surface area contributed by atoms with E-state index in [0.29, 0.717) is 24.7 Å². The van der Waals surface area contributed by atoms with E-state index in [2.05, 4.69) is 5.32 Å². The minimum atomic E-state index is -0.418. The van der Waals surface area contributed by atoms with Gasteiger partial charge in [0.1, 0.15) is 0 Å². The molecule has 1 heterocycles. The van der Waals surface area contributed by atoms with Crippen molar-refractivity contribution in [2.24, 2.45) is 0 Å². The molecular weight excluding hydrogens is 326 g/mol. The molecule has 5 heteroatoms. The monoisotopic (exact) mass is 345 g/mol. The summed E-state index contributed by atoms with van der Waals surface area (Å²) in [4.78, 5) is 12.2. The van der Waals surface area contributed by atoms with Crippen molar-refractivity contribution in [2.45, 2.75) is 25.2 Å². The van der Waals surface area contributed by atoms with Crippen LogP contribution in [0.4, 0.5) is 0 Å². The van der Waals surface area contributed by atoms with Gasteiger partial charge in [0.05, 0.1) is 25.7 Å². The summed E-state index contributed by atoms with van der Waals surface area (Å²) in [6, 6.07) is 17.1. The molecular formula is C19H20ClNO3. The van der Waals surface area contributed by atoms with Crippen molar-refractivity contribution in [1.29, 1.82) is 0 Å². The minimum Gasteiger partial charge on any atom is -0.351 e. The van der Waals surface area contributed by atoms with Gasteiger partial charge < -0.3 is 14.8 Å². The maximum atomic E-state index is 12.2. The van der Waals surface area contributed by atoms with Gasteiger partial charge in [-0.2, -0.15) is 0 Å². The van der Waals surface area contributed by atoms with Gasteiger partial charge >= 0.3 is 0 Å². The van der Waals surface area contributed by atoms with Gasteiger partial charge in [-0.05, 0) is 24.1 Å². The fourth-order valence-corrected chi connectivity index (χ4v) is 2.76. The standard InChI is InChI=1S/C19H20ClNO3/c20-16-8-6-15(7-9-16)19-23-11-10-17(13-24-19)21-18(22)12-14-4-2-1-3-5-14/h1-9,17,19H,10-13H2,(H,21,22)/t17-,19-/m0/s1. The molecule has 1 aliphatic heterocycles. The van der Waals surface area contributed by atoms with Crippen molar-refractivity contribution < 1.29 is 14.3 Å². The Bertz CT molecular complexity index is 660. The maximum Gasteiger partial charge on any atom is 0.224 e. The van der Waals surface area contributed by atoms with E-state index in [0.717, 1.165) is 17.5 Å². The Morgan fingerprint density at radius 1 is 1.08 bits per heavy atom. The fourth-order valence-electron chi connectivity index (χ4n) is 2.64. The Labute approximate surface area is 146 Å². The molecule has 1 amide bonds. The first-order valence-corrected chi connectivity index (χ1v) is 8.40. The molecule has 2 atom stereocenters. The minimum absolute atomic E-state index is 0.000238. The number of hydrogen-bond acceptors (Lipinski definition) is 3. The summed E-state index contributed by atoms with van der Waals surface area (Å²) in [7, 11) is 0. The Hall–Kier alpha value is -1.88. The molecule has 126 valence electrons. The zero-order valence-corrected chi connectivity index (χ0v) is 14.0. The van der Waals surface area contributed by atoms with Gasteiger partial charge in [-0.25, -0.2) is 0 Å². The molecule has 1 aliphatic rings. The summed E-state index contributed by atoms with van der Waals surface area (Å²) < 4.78 is 11.6. The van der Waals surface area contributed by atoms with Crippen LogP contribution in [-0.4, -0.2) is 25.2 Å². The predicted molar refractivity (Wildman–Crippen MR) is 92.8 cm³/mol. The first-order valence-electron chi connectivity index (χ1n) is 8.02. The number of halogens is 1. The fraction of sp³-hybridized carbons (Fsp3) is 0.316. The van der Waals surface area contributed by atoms with E-state index >= 15 is 0 Å². The zero-order chi connectivity index (χ0) is 16.8.